The zero-order valence-corrected chi connectivity index (χ0v) is 12.7. The van der Waals surface area contributed by atoms with Gasteiger partial charge in [-0.05, 0) is 43.7 Å². The second-order valence-electron chi connectivity index (χ2n) is 6.18. The monoisotopic (exact) mass is 288 g/mol. The maximum atomic E-state index is 13.0. The fraction of sp³-hybridized carbons (Fsp3) is 0.588. The maximum absolute atomic E-state index is 13.0. The van der Waals surface area contributed by atoms with Crippen LogP contribution in [-0.4, -0.2) is 30.5 Å². The van der Waals surface area contributed by atoms with Crippen LogP contribution in [0, 0.1) is 5.92 Å². The lowest BCUT2D eigenvalue weighted by atomic mass is 9.95. The highest BCUT2D eigenvalue weighted by Crippen LogP contribution is 2.37. The Kier molecular flexibility index (Phi) is 4.04. The maximum Gasteiger partial charge on any atom is 0.259 e. The molecule has 1 unspecified atom stereocenters. The van der Waals surface area contributed by atoms with Crippen molar-refractivity contribution in [1.29, 1.82) is 0 Å². The van der Waals surface area contributed by atoms with E-state index in [1.54, 1.807) is 13.2 Å². The topological polar surface area (TPSA) is 55.6 Å². The molecule has 4 heteroatoms. The number of rotatable bonds is 3. The largest absolute Gasteiger partial charge is 0.496 e. The molecule has 114 valence electrons. The van der Waals surface area contributed by atoms with E-state index in [2.05, 4.69) is 0 Å². The summed E-state index contributed by atoms with van der Waals surface area (Å²) in [6.45, 7) is 0.845. The van der Waals surface area contributed by atoms with E-state index in [1.165, 1.54) is 25.7 Å². The van der Waals surface area contributed by atoms with E-state index in [4.69, 9.17) is 10.5 Å². The molecular formula is C17H24N2O2. The average molecular weight is 288 g/mol. The Morgan fingerprint density at radius 3 is 2.71 bits per heavy atom. The van der Waals surface area contributed by atoms with Gasteiger partial charge < -0.3 is 15.4 Å². The van der Waals surface area contributed by atoms with Gasteiger partial charge in [-0.15, -0.1) is 0 Å². The van der Waals surface area contributed by atoms with Gasteiger partial charge in [-0.1, -0.05) is 18.9 Å². The smallest absolute Gasteiger partial charge is 0.259 e. The first-order valence-electron chi connectivity index (χ1n) is 7.96. The fourth-order valence-electron chi connectivity index (χ4n) is 3.97. The van der Waals surface area contributed by atoms with Gasteiger partial charge in [0, 0.05) is 18.3 Å². The van der Waals surface area contributed by atoms with Gasteiger partial charge in [-0.2, -0.15) is 0 Å². The van der Waals surface area contributed by atoms with E-state index in [9.17, 15) is 4.79 Å². The number of likely N-dealkylation sites (tertiary alicyclic amines) is 1. The number of hydrogen-bond donors (Lipinski definition) is 1. The normalized spacial score (nSPS) is 22.7. The van der Waals surface area contributed by atoms with Gasteiger partial charge >= 0.3 is 0 Å². The summed E-state index contributed by atoms with van der Waals surface area (Å²) in [6, 6.07) is 5.80. The molecule has 4 nitrogen and oxygen atoms in total. The molecule has 1 aromatic carbocycles. The lowest BCUT2D eigenvalue weighted by molar-refractivity contribution is 0.0687. The minimum Gasteiger partial charge on any atom is -0.496 e. The number of nitrogens with two attached hydrogens (primary N) is 1. The van der Waals surface area contributed by atoms with E-state index in [1.807, 2.05) is 17.0 Å². The van der Waals surface area contributed by atoms with Crippen LogP contribution in [0.1, 0.15) is 48.9 Å². The minimum absolute atomic E-state index is 0.0411. The van der Waals surface area contributed by atoms with Crippen molar-refractivity contribution in [2.45, 2.75) is 44.6 Å². The number of carbonyl (C=O) groups is 1. The van der Waals surface area contributed by atoms with Crippen molar-refractivity contribution in [2.24, 2.45) is 5.92 Å². The molecule has 1 aromatic rings. The number of anilines is 1. The number of nitrogens with zero attached hydrogens (tertiary/aromatic N) is 1. The third-order valence-corrected chi connectivity index (χ3v) is 5.00. The van der Waals surface area contributed by atoms with Crippen LogP contribution in [-0.2, 0) is 0 Å². The molecule has 1 aliphatic heterocycles. The fourth-order valence-corrected chi connectivity index (χ4v) is 3.97. The summed E-state index contributed by atoms with van der Waals surface area (Å²) in [5.41, 5.74) is 7.08. The van der Waals surface area contributed by atoms with Crippen molar-refractivity contribution in [3.8, 4) is 5.75 Å². The molecule has 1 saturated heterocycles. The van der Waals surface area contributed by atoms with Gasteiger partial charge in [0.2, 0.25) is 0 Å². The van der Waals surface area contributed by atoms with Crippen LogP contribution >= 0.6 is 0 Å². The molecule has 21 heavy (non-hydrogen) atoms. The molecule has 1 atom stereocenters. The number of nitrogen functional groups attached to an aromatic ring is 1. The molecule has 0 spiro atoms. The predicted molar refractivity (Wildman–Crippen MR) is 83.4 cm³/mol. The molecule has 2 fully saturated rings. The van der Waals surface area contributed by atoms with Crippen molar-refractivity contribution >= 4 is 11.6 Å². The van der Waals surface area contributed by atoms with E-state index in [-0.39, 0.29) is 5.91 Å². The molecular weight excluding hydrogens is 264 g/mol. The highest BCUT2D eigenvalue weighted by atomic mass is 16.5. The number of benzene rings is 1. The first-order chi connectivity index (χ1) is 10.2. The lowest BCUT2D eigenvalue weighted by Gasteiger charge is -2.30. The molecule has 1 amide bonds. The van der Waals surface area contributed by atoms with Crippen LogP contribution in [0.25, 0.3) is 0 Å². The predicted octanol–water partition coefficient (Wildman–Crippen LogP) is 3.07. The summed E-state index contributed by atoms with van der Waals surface area (Å²) in [5.74, 6) is 1.30. The third kappa shape index (κ3) is 2.59. The van der Waals surface area contributed by atoms with Crippen molar-refractivity contribution in [1.82, 2.24) is 4.90 Å². The quantitative estimate of drug-likeness (QED) is 0.870. The zero-order chi connectivity index (χ0) is 14.8. The Bertz CT molecular complexity index is 524. The Balaban J connectivity index is 1.87. The van der Waals surface area contributed by atoms with Crippen molar-refractivity contribution in [3.63, 3.8) is 0 Å². The van der Waals surface area contributed by atoms with Crippen LogP contribution in [0.2, 0.25) is 0 Å². The Morgan fingerprint density at radius 2 is 2.00 bits per heavy atom. The van der Waals surface area contributed by atoms with E-state index in [0.29, 0.717) is 29.0 Å². The second-order valence-corrected chi connectivity index (χ2v) is 6.18. The average Bonchev–Trinajstić information content (AvgIpc) is 3.16. The Labute approximate surface area is 126 Å². The van der Waals surface area contributed by atoms with Crippen LogP contribution < -0.4 is 10.5 Å². The van der Waals surface area contributed by atoms with E-state index < -0.39 is 0 Å². The summed E-state index contributed by atoms with van der Waals surface area (Å²) in [5, 5.41) is 0. The summed E-state index contributed by atoms with van der Waals surface area (Å²) < 4.78 is 5.34. The Morgan fingerprint density at radius 1 is 1.24 bits per heavy atom. The van der Waals surface area contributed by atoms with Crippen LogP contribution in [0.3, 0.4) is 0 Å². The molecule has 3 rings (SSSR count). The summed E-state index contributed by atoms with van der Waals surface area (Å²) in [4.78, 5) is 15.0. The molecule has 0 radical (unpaired) electrons. The van der Waals surface area contributed by atoms with Crippen LogP contribution in [0.15, 0.2) is 18.2 Å². The standard InChI is InChI=1S/C17H24N2O2/c1-21-15-10-4-8-13(18)16(15)17(20)19-11-5-9-14(19)12-6-2-3-7-12/h4,8,10,12,14H,2-3,5-7,9,11,18H2,1H3. The SMILES string of the molecule is COc1cccc(N)c1C(=O)N1CCCC1C1CCCC1. The molecule has 0 bridgehead atoms. The first kappa shape index (κ1) is 14.2. The lowest BCUT2D eigenvalue weighted by Crippen LogP contribution is -2.39. The van der Waals surface area contributed by atoms with Crippen molar-refractivity contribution in [2.75, 3.05) is 19.4 Å². The van der Waals surface area contributed by atoms with Crippen molar-refractivity contribution < 1.29 is 9.53 Å². The van der Waals surface area contributed by atoms with Gasteiger partial charge in [0.25, 0.3) is 5.91 Å². The second kappa shape index (κ2) is 5.96. The molecule has 2 N–H and O–H groups in total. The highest BCUT2D eigenvalue weighted by Gasteiger charge is 2.37. The summed E-state index contributed by atoms with van der Waals surface area (Å²) >= 11 is 0. The Hall–Kier alpha value is -1.71. The number of hydrogen-bond acceptors (Lipinski definition) is 3. The molecule has 1 saturated carbocycles. The molecule has 2 aliphatic rings. The van der Waals surface area contributed by atoms with Gasteiger partial charge in [0.05, 0.1) is 7.11 Å². The summed E-state index contributed by atoms with van der Waals surface area (Å²) in [7, 11) is 1.59. The van der Waals surface area contributed by atoms with E-state index >= 15 is 0 Å². The first-order valence-corrected chi connectivity index (χ1v) is 7.96. The molecule has 1 heterocycles. The van der Waals surface area contributed by atoms with Crippen LogP contribution in [0.4, 0.5) is 5.69 Å². The third-order valence-electron chi connectivity index (χ3n) is 5.00. The van der Waals surface area contributed by atoms with Crippen molar-refractivity contribution in [3.05, 3.63) is 23.8 Å². The summed E-state index contributed by atoms with van der Waals surface area (Å²) in [6.07, 6.45) is 7.36. The van der Waals surface area contributed by atoms with E-state index in [0.717, 1.165) is 19.4 Å². The van der Waals surface area contributed by atoms with Gasteiger partial charge in [0.15, 0.2) is 0 Å². The zero-order valence-electron chi connectivity index (χ0n) is 12.7. The minimum atomic E-state index is 0.0411. The van der Waals surface area contributed by atoms with Gasteiger partial charge in [-0.3, -0.25) is 4.79 Å². The van der Waals surface area contributed by atoms with Gasteiger partial charge in [0.1, 0.15) is 11.3 Å². The van der Waals surface area contributed by atoms with Gasteiger partial charge in [-0.25, -0.2) is 0 Å². The number of methoxy groups -OCH3 is 1. The number of ether oxygens (including phenoxy) is 1. The molecule has 0 aromatic heterocycles. The number of carbonyl (C=O) groups excluding carboxylic acids is 1. The van der Waals surface area contributed by atoms with Crippen LogP contribution in [0.5, 0.6) is 5.75 Å². The molecule has 1 aliphatic carbocycles. The number of amides is 1. The highest BCUT2D eigenvalue weighted by molar-refractivity contribution is 6.02.